The molecule has 0 spiro atoms. The first kappa shape index (κ1) is 15.9. The van der Waals surface area contributed by atoms with E-state index in [1.807, 2.05) is 40.9 Å². The van der Waals surface area contributed by atoms with Gasteiger partial charge in [0.2, 0.25) is 0 Å². The molecule has 3 heterocycles. The lowest BCUT2D eigenvalue weighted by Gasteiger charge is -2.02. The van der Waals surface area contributed by atoms with Crippen molar-refractivity contribution in [1.29, 1.82) is 0 Å². The summed E-state index contributed by atoms with van der Waals surface area (Å²) in [6, 6.07) is 16.7. The molecule has 25 heavy (non-hydrogen) atoms. The van der Waals surface area contributed by atoms with Crippen LogP contribution in [0.1, 0.15) is 10.7 Å². The third kappa shape index (κ3) is 3.60. The highest BCUT2D eigenvalue weighted by Crippen LogP contribution is 2.28. The normalized spacial score (nSPS) is 11.2. The molecule has 4 rings (SSSR count). The average molecular weight is 352 g/mol. The third-order valence-electron chi connectivity index (χ3n) is 4.00. The average Bonchev–Trinajstić information content (AvgIpc) is 3.27. The molecule has 1 N–H and O–H groups in total. The predicted molar refractivity (Wildman–Crippen MR) is 98.1 cm³/mol. The molecule has 0 aliphatic carbocycles. The maximum absolute atomic E-state index is 13.0. The Morgan fingerprint density at radius 1 is 1.00 bits per heavy atom. The highest BCUT2D eigenvalue weighted by molar-refractivity contribution is 7.15. The molecule has 0 bridgehead atoms. The van der Waals surface area contributed by atoms with Crippen LogP contribution in [0.15, 0.2) is 60.8 Å². The van der Waals surface area contributed by atoms with Crippen molar-refractivity contribution < 1.29 is 4.39 Å². The minimum absolute atomic E-state index is 0.205. The zero-order chi connectivity index (χ0) is 17.1. The Balaban J connectivity index is 1.32. The van der Waals surface area contributed by atoms with E-state index < -0.39 is 0 Å². The van der Waals surface area contributed by atoms with Gasteiger partial charge >= 0.3 is 0 Å². The van der Waals surface area contributed by atoms with Crippen molar-refractivity contribution in [2.75, 3.05) is 6.54 Å². The molecule has 0 unspecified atom stereocenters. The van der Waals surface area contributed by atoms with Crippen LogP contribution in [0, 0.1) is 5.82 Å². The summed E-state index contributed by atoms with van der Waals surface area (Å²) < 4.78 is 15.0. The standard InChI is InChI=1S/C19H17FN4S/c20-15-6-4-14(5-7-15)17-9-8-16(25-17)13-21-11-10-19-23-22-18-3-1-2-12-24(18)19/h1-9,12,21H,10-11,13H2. The third-order valence-corrected chi connectivity index (χ3v) is 5.13. The van der Waals surface area contributed by atoms with E-state index in [0.29, 0.717) is 0 Å². The molecule has 0 fully saturated rings. The van der Waals surface area contributed by atoms with Gasteiger partial charge in [-0.3, -0.25) is 4.40 Å². The van der Waals surface area contributed by atoms with Gasteiger partial charge in [0.05, 0.1) is 0 Å². The van der Waals surface area contributed by atoms with Gasteiger partial charge in [-0.05, 0) is 42.0 Å². The number of halogens is 1. The second-order valence-electron chi connectivity index (χ2n) is 5.74. The largest absolute Gasteiger partial charge is 0.311 e. The van der Waals surface area contributed by atoms with Crippen molar-refractivity contribution in [3.8, 4) is 10.4 Å². The van der Waals surface area contributed by atoms with Crippen LogP contribution in [0.5, 0.6) is 0 Å². The summed E-state index contributed by atoms with van der Waals surface area (Å²) in [5.41, 5.74) is 1.92. The van der Waals surface area contributed by atoms with Crippen molar-refractivity contribution >= 4 is 17.0 Å². The summed E-state index contributed by atoms with van der Waals surface area (Å²) >= 11 is 1.72. The second-order valence-corrected chi connectivity index (χ2v) is 6.91. The highest BCUT2D eigenvalue weighted by Gasteiger charge is 2.05. The minimum atomic E-state index is -0.205. The van der Waals surface area contributed by atoms with E-state index in [1.165, 1.54) is 17.0 Å². The van der Waals surface area contributed by atoms with Gasteiger partial charge in [0.15, 0.2) is 5.65 Å². The van der Waals surface area contributed by atoms with Crippen LogP contribution in [0.2, 0.25) is 0 Å². The molecule has 126 valence electrons. The summed E-state index contributed by atoms with van der Waals surface area (Å²) in [6.45, 7) is 1.64. The quantitative estimate of drug-likeness (QED) is 0.535. The SMILES string of the molecule is Fc1ccc(-c2ccc(CNCCc3nnc4ccccn34)s2)cc1. The molecule has 0 amide bonds. The van der Waals surface area contributed by atoms with E-state index in [1.54, 1.807) is 11.3 Å². The Morgan fingerprint density at radius 3 is 2.76 bits per heavy atom. The topological polar surface area (TPSA) is 42.2 Å². The number of fused-ring (bicyclic) bond motifs is 1. The number of aromatic nitrogens is 3. The molecule has 0 radical (unpaired) electrons. The zero-order valence-corrected chi connectivity index (χ0v) is 14.3. The van der Waals surface area contributed by atoms with Crippen LogP contribution in [-0.4, -0.2) is 21.1 Å². The Kier molecular flexibility index (Phi) is 4.54. The van der Waals surface area contributed by atoms with E-state index in [9.17, 15) is 4.39 Å². The molecule has 4 aromatic rings. The first-order chi connectivity index (χ1) is 12.3. The maximum Gasteiger partial charge on any atom is 0.160 e. The van der Waals surface area contributed by atoms with E-state index in [4.69, 9.17) is 0 Å². The lowest BCUT2D eigenvalue weighted by molar-refractivity contribution is 0.628. The van der Waals surface area contributed by atoms with Gasteiger partial charge in [0.25, 0.3) is 0 Å². The van der Waals surface area contributed by atoms with Crippen molar-refractivity contribution in [1.82, 2.24) is 19.9 Å². The highest BCUT2D eigenvalue weighted by atomic mass is 32.1. The number of hydrogen-bond acceptors (Lipinski definition) is 4. The summed E-state index contributed by atoms with van der Waals surface area (Å²) in [4.78, 5) is 2.41. The Morgan fingerprint density at radius 2 is 1.88 bits per heavy atom. The number of pyridine rings is 1. The van der Waals surface area contributed by atoms with E-state index in [0.717, 1.165) is 41.4 Å². The fraction of sp³-hybridized carbons (Fsp3) is 0.158. The van der Waals surface area contributed by atoms with Gasteiger partial charge in [-0.1, -0.05) is 18.2 Å². The first-order valence-electron chi connectivity index (χ1n) is 8.13. The number of thiophene rings is 1. The van der Waals surface area contributed by atoms with Gasteiger partial charge in [-0.15, -0.1) is 21.5 Å². The van der Waals surface area contributed by atoms with Gasteiger partial charge in [0.1, 0.15) is 11.6 Å². The minimum Gasteiger partial charge on any atom is -0.311 e. The molecule has 0 saturated carbocycles. The predicted octanol–water partition coefficient (Wildman–Crippen LogP) is 3.93. The van der Waals surface area contributed by atoms with Crippen molar-refractivity contribution in [3.05, 3.63) is 77.3 Å². The summed E-state index contributed by atoms with van der Waals surface area (Å²) in [5.74, 6) is 0.754. The van der Waals surface area contributed by atoms with Crippen LogP contribution in [0.3, 0.4) is 0 Å². The fourth-order valence-electron chi connectivity index (χ4n) is 2.72. The lowest BCUT2D eigenvalue weighted by Crippen LogP contribution is -2.17. The fourth-order valence-corrected chi connectivity index (χ4v) is 3.70. The zero-order valence-electron chi connectivity index (χ0n) is 13.5. The molecule has 3 aromatic heterocycles. The molecule has 0 aliphatic heterocycles. The van der Waals surface area contributed by atoms with Crippen molar-refractivity contribution in [2.45, 2.75) is 13.0 Å². The second kappa shape index (κ2) is 7.13. The number of nitrogens with zero attached hydrogens (tertiary/aromatic N) is 3. The van der Waals surface area contributed by atoms with Gasteiger partial charge in [0, 0.05) is 35.5 Å². The van der Waals surface area contributed by atoms with Crippen LogP contribution in [0.25, 0.3) is 16.1 Å². The Labute approximate surface area is 149 Å². The number of hydrogen-bond donors (Lipinski definition) is 1. The molecule has 6 heteroatoms. The number of benzene rings is 1. The summed E-state index contributed by atoms with van der Waals surface area (Å²) in [6.07, 6.45) is 2.81. The Bertz CT molecular complexity index is 974. The van der Waals surface area contributed by atoms with Crippen LogP contribution < -0.4 is 5.32 Å². The molecule has 0 saturated heterocycles. The lowest BCUT2D eigenvalue weighted by atomic mass is 10.2. The van der Waals surface area contributed by atoms with Crippen LogP contribution >= 0.6 is 11.3 Å². The van der Waals surface area contributed by atoms with E-state index >= 15 is 0 Å². The smallest absolute Gasteiger partial charge is 0.160 e. The maximum atomic E-state index is 13.0. The van der Waals surface area contributed by atoms with E-state index in [2.05, 4.69) is 27.6 Å². The van der Waals surface area contributed by atoms with Gasteiger partial charge in [-0.25, -0.2) is 4.39 Å². The molecular weight excluding hydrogens is 335 g/mol. The van der Waals surface area contributed by atoms with Crippen molar-refractivity contribution in [3.63, 3.8) is 0 Å². The van der Waals surface area contributed by atoms with E-state index in [-0.39, 0.29) is 5.82 Å². The number of rotatable bonds is 6. The van der Waals surface area contributed by atoms with Crippen LogP contribution in [0.4, 0.5) is 4.39 Å². The molecule has 0 atom stereocenters. The molecule has 0 aliphatic rings. The Hall–Kier alpha value is -2.57. The summed E-state index contributed by atoms with van der Waals surface area (Å²) in [5, 5.41) is 11.8. The first-order valence-corrected chi connectivity index (χ1v) is 8.95. The monoisotopic (exact) mass is 352 g/mol. The van der Waals surface area contributed by atoms with Gasteiger partial charge < -0.3 is 5.32 Å². The molecular formula is C19H17FN4S. The number of nitrogens with one attached hydrogen (secondary N) is 1. The van der Waals surface area contributed by atoms with Gasteiger partial charge in [-0.2, -0.15) is 0 Å². The molecule has 1 aromatic carbocycles. The molecule has 4 nitrogen and oxygen atoms in total. The van der Waals surface area contributed by atoms with Crippen LogP contribution in [-0.2, 0) is 13.0 Å². The van der Waals surface area contributed by atoms with Crippen molar-refractivity contribution in [2.24, 2.45) is 0 Å². The summed E-state index contributed by atoms with van der Waals surface area (Å²) in [7, 11) is 0.